The summed E-state index contributed by atoms with van der Waals surface area (Å²) in [5.41, 5.74) is 2.07. The Morgan fingerprint density at radius 1 is 1.32 bits per heavy atom. The highest BCUT2D eigenvalue weighted by molar-refractivity contribution is 8.01. The van der Waals surface area contributed by atoms with Crippen LogP contribution in [0, 0.1) is 6.92 Å². The van der Waals surface area contributed by atoms with Gasteiger partial charge in [0.05, 0.1) is 17.9 Å². The van der Waals surface area contributed by atoms with E-state index in [-0.39, 0.29) is 11.9 Å². The average molecular weight is 336 g/mol. The number of esters is 1. The number of ether oxygens (including phenoxy) is 1. The van der Waals surface area contributed by atoms with Gasteiger partial charge in [-0.25, -0.2) is 9.78 Å². The van der Waals surface area contributed by atoms with E-state index in [0.717, 1.165) is 10.0 Å². The molecule has 1 amide bonds. The van der Waals surface area contributed by atoms with Crippen molar-refractivity contribution < 1.29 is 14.3 Å². The van der Waals surface area contributed by atoms with Gasteiger partial charge in [0.15, 0.2) is 4.34 Å². The number of carbonyl (C=O) groups is 2. The van der Waals surface area contributed by atoms with Crippen LogP contribution in [0.4, 0.5) is 5.69 Å². The fourth-order valence-corrected chi connectivity index (χ4v) is 3.28. The highest BCUT2D eigenvalue weighted by Crippen LogP contribution is 2.22. The molecule has 2 rings (SSSR count). The maximum atomic E-state index is 11.9. The monoisotopic (exact) mass is 336 g/mol. The first-order valence-electron chi connectivity index (χ1n) is 6.70. The molecular formula is C15H16N2O3S2. The third-order valence-electron chi connectivity index (χ3n) is 2.60. The van der Waals surface area contributed by atoms with Crippen LogP contribution < -0.4 is 5.32 Å². The maximum absolute atomic E-state index is 11.9. The summed E-state index contributed by atoms with van der Waals surface area (Å²) >= 11 is 2.93. The SMILES string of the molecule is CCOC(=O)c1ccc(NC(=O)CSc2nc(C)cs2)cc1. The van der Waals surface area contributed by atoms with E-state index in [9.17, 15) is 9.59 Å². The van der Waals surface area contributed by atoms with Crippen LogP contribution >= 0.6 is 23.1 Å². The number of nitrogens with one attached hydrogen (secondary N) is 1. The molecular weight excluding hydrogens is 320 g/mol. The van der Waals surface area contributed by atoms with E-state index in [1.807, 2.05) is 12.3 Å². The molecule has 1 heterocycles. The number of thioether (sulfide) groups is 1. The highest BCUT2D eigenvalue weighted by Gasteiger charge is 2.08. The lowest BCUT2D eigenvalue weighted by molar-refractivity contribution is -0.113. The number of carbonyl (C=O) groups excluding carboxylic acids is 2. The van der Waals surface area contributed by atoms with Crippen molar-refractivity contribution in [3.63, 3.8) is 0 Å². The Balaban J connectivity index is 1.85. The minimum absolute atomic E-state index is 0.110. The molecule has 0 aliphatic carbocycles. The zero-order chi connectivity index (χ0) is 15.9. The molecule has 0 bridgehead atoms. The van der Waals surface area contributed by atoms with E-state index in [4.69, 9.17) is 4.74 Å². The molecule has 0 saturated heterocycles. The lowest BCUT2D eigenvalue weighted by Crippen LogP contribution is -2.14. The lowest BCUT2D eigenvalue weighted by atomic mass is 10.2. The summed E-state index contributed by atoms with van der Waals surface area (Å²) in [7, 11) is 0. The molecule has 0 fully saturated rings. The number of hydrogen-bond acceptors (Lipinski definition) is 6. The minimum Gasteiger partial charge on any atom is -0.462 e. The zero-order valence-electron chi connectivity index (χ0n) is 12.3. The summed E-state index contributed by atoms with van der Waals surface area (Å²) in [6.07, 6.45) is 0. The fourth-order valence-electron chi connectivity index (χ4n) is 1.63. The Labute approximate surface area is 137 Å². The first-order chi connectivity index (χ1) is 10.6. The predicted octanol–water partition coefficient (Wildman–Crippen LogP) is 3.36. The van der Waals surface area contributed by atoms with Crippen LogP contribution in [0.25, 0.3) is 0 Å². The number of rotatable bonds is 6. The average Bonchev–Trinajstić information content (AvgIpc) is 2.92. The zero-order valence-corrected chi connectivity index (χ0v) is 13.9. The van der Waals surface area contributed by atoms with Crippen molar-refractivity contribution in [2.45, 2.75) is 18.2 Å². The van der Waals surface area contributed by atoms with Crippen molar-refractivity contribution in [3.8, 4) is 0 Å². The molecule has 0 atom stereocenters. The van der Waals surface area contributed by atoms with E-state index < -0.39 is 0 Å². The molecule has 22 heavy (non-hydrogen) atoms. The molecule has 0 saturated carbocycles. The molecule has 1 N–H and O–H groups in total. The van der Waals surface area contributed by atoms with E-state index in [0.29, 0.717) is 23.6 Å². The second kappa shape index (κ2) is 7.95. The smallest absolute Gasteiger partial charge is 0.338 e. The molecule has 116 valence electrons. The molecule has 0 radical (unpaired) electrons. The van der Waals surface area contributed by atoms with Gasteiger partial charge in [0.1, 0.15) is 0 Å². The molecule has 1 aromatic carbocycles. The second-order valence-corrected chi connectivity index (χ2v) is 6.47. The number of thiazole rings is 1. The van der Waals surface area contributed by atoms with Crippen molar-refractivity contribution >= 4 is 40.7 Å². The van der Waals surface area contributed by atoms with Gasteiger partial charge in [-0.1, -0.05) is 11.8 Å². The minimum atomic E-state index is -0.366. The summed E-state index contributed by atoms with van der Waals surface area (Å²) in [6, 6.07) is 6.63. The van der Waals surface area contributed by atoms with Crippen molar-refractivity contribution in [1.29, 1.82) is 0 Å². The van der Waals surface area contributed by atoms with Crippen molar-refractivity contribution in [2.75, 3.05) is 17.7 Å². The maximum Gasteiger partial charge on any atom is 0.338 e. The van der Waals surface area contributed by atoms with Gasteiger partial charge in [0.25, 0.3) is 0 Å². The lowest BCUT2D eigenvalue weighted by Gasteiger charge is -2.06. The summed E-state index contributed by atoms with van der Waals surface area (Å²) in [6.45, 7) is 4.02. The molecule has 0 unspecified atom stereocenters. The van der Waals surface area contributed by atoms with Gasteiger partial charge in [0.2, 0.25) is 5.91 Å². The van der Waals surface area contributed by atoms with Crippen LogP contribution in [0.15, 0.2) is 34.0 Å². The molecule has 5 nitrogen and oxygen atoms in total. The highest BCUT2D eigenvalue weighted by atomic mass is 32.2. The van der Waals surface area contributed by atoms with Gasteiger partial charge in [-0.15, -0.1) is 11.3 Å². The van der Waals surface area contributed by atoms with Gasteiger partial charge in [-0.3, -0.25) is 4.79 Å². The van der Waals surface area contributed by atoms with Crippen LogP contribution in [0.5, 0.6) is 0 Å². The number of nitrogens with zero attached hydrogens (tertiary/aromatic N) is 1. The van der Waals surface area contributed by atoms with E-state index in [1.165, 1.54) is 23.1 Å². The van der Waals surface area contributed by atoms with E-state index in [1.54, 1.807) is 31.2 Å². The third kappa shape index (κ3) is 4.85. The van der Waals surface area contributed by atoms with Gasteiger partial charge in [0, 0.05) is 16.8 Å². The fraction of sp³-hybridized carbons (Fsp3) is 0.267. The first-order valence-corrected chi connectivity index (χ1v) is 8.57. The molecule has 7 heteroatoms. The Kier molecular flexibility index (Phi) is 5.97. The number of benzene rings is 1. The number of aryl methyl sites for hydroxylation is 1. The predicted molar refractivity (Wildman–Crippen MR) is 88.6 cm³/mol. The molecule has 1 aromatic heterocycles. The van der Waals surface area contributed by atoms with Crippen LogP contribution in [-0.2, 0) is 9.53 Å². The molecule has 0 aliphatic rings. The summed E-state index contributed by atoms with van der Waals surface area (Å²) in [5.74, 6) is -0.177. The quantitative estimate of drug-likeness (QED) is 0.647. The summed E-state index contributed by atoms with van der Waals surface area (Å²) in [4.78, 5) is 27.7. The number of anilines is 1. The number of amides is 1. The van der Waals surface area contributed by atoms with Crippen molar-refractivity contribution in [2.24, 2.45) is 0 Å². The van der Waals surface area contributed by atoms with E-state index >= 15 is 0 Å². The van der Waals surface area contributed by atoms with Crippen LogP contribution in [0.2, 0.25) is 0 Å². The van der Waals surface area contributed by atoms with Crippen LogP contribution in [0.1, 0.15) is 23.0 Å². The topological polar surface area (TPSA) is 68.3 Å². The van der Waals surface area contributed by atoms with Crippen LogP contribution in [-0.4, -0.2) is 29.2 Å². The first kappa shape index (κ1) is 16.5. The number of aromatic nitrogens is 1. The third-order valence-corrected chi connectivity index (χ3v) is 4.74. The number of hydrogen-bond donors (Lipinski definition) is 1. The Morgan fingerprint density at radius 3 is 2.64 bits per heavy atom. The molecule has 2 aromatic rings. The second-order valence-electron chi connectivity index (χ2n) is 4.39. The largest absolute Gasteiger partial charge is 0.462 e. The van der Waals surface area contributed by atoms with E-state index in [2.05, 4.69) is 10.3 Å². The Morgan fingerprint density at radius 2 is 2.05 bits per heavy atom. The van der Waals surface area contributed by atoms with Crippen LogP contribution in [0.3, 0.4) is 0 Å². The normalized spacial score (nSPS) is 10.3. The van der Waals surface area contributed by atoms with Crippen molar-refractivity contribution in [1.82, 2.24) is 4.98 Å². The van der Waals surface area contributed by atoms with Gasteiger partial charge in [-0.05, 0) is 38.1 Å². The standard InChI is InChI=1S/C15H16N2O3S2/c1-3-20-14(19)11-4-6-12(7-5-11)17-13(18)9-22-15-16-10(2)8-21-15/h4-8H,3,9H2,1-2H3,(H,17,18). The van der Waals surface area contributed by atoms with Crippen molar-refractivity contribution in [3.05, 3.63) is 40.9 Å². The molecule has 0 spiro atoms. The Bertz CT molecular complexity index is 653. The Hall–Kier alpha value is -1.86. The molecule has 0 aliphatic heterocycles. The van der Waals surface area contributed by atoms with Gasteiger partial charge >= 0.3 is 5.97 Å². The summed E-state index contributed by atoms with van der Waals surface area (Å²) < 4.78 is 5.78. The van der Waals surface area contributed by atoms with Gasteiger partial charge < -0.3 is 10.1 Å². The summed E-state index contributed by atoms with van der Waals surface area (Å²) in [5, 5.41) is 4.73. The van der Waals surface area contributed by atoms with Gasteiger partial charge in [-0.2, -0.15) is 0 Å².